The van der Waals surface area contributed by atoms with Crippen LogP contribution in [0.25, 0.3) is 0 Å². The third kappa shape index (κ3) is 1.69. The van der Waals surface area contributed by atoms with E-state index in [1.165, 1.54) is 11.8 Å². The van der Waals surface area contributed by atoms with Gasteiger partial charge in [-0.2, -0.15) is 0 Å². The first-order valence-electron chi connectivity index (χ1n) is 3.59. The number of carboxylic acid groups (broad SMARTS) is 1. The van der Waals surface area contributed by atoms with Gasteiger partial charge in [0.25, 0.3) is 0 Å². The highest BCUT2D eigenvalue weighted by molar-refractivity contribution is 5.79. The van der Waals surface area contributed by atoms with Crippen LogP contribution in [0.15, 0.2) is 0 Å². The van der Waals surface area contributed by atoms with Crippen LogP contribution in [0.3, 0.4) is 0 Å². The minimum atomic E-state index is -0.922. The molecule has 4 heteroatoms. The number of hydrogen-bond donors (Lipinski definition) is 1. The predicted molar refractivity (Wildman–Crippen MR) is 38.4 cm³/mol. The van der Waals surface area contributed by atoms with Gasteiger partial charge in [0.05, 0.1) is 0 Å². The van der Waals surface area contributed by atoms with Crippen molar-refractivity contribution in [3.63, 3.8) is 0 Å². The molecule has 0 aliphatic carbocycles. The van der Waals surface area contributed by atoms with Gasteiger partial charge in [0, 0.05) is 19.0 Å². The molecule has 1 fully saturated rings. The van der Waals surface area contributed by atoms with Crippen LogP contribution in [0.4, 0.5) is 4.79 Å². The van der Waals surface area contributed by atoms with Gasteiger partial charge < -0.3 is 10.0 Å². The Bertz CT molecular complexity index is 170. The largest absolute Gasteiger partial charge is 0.465 e. The van der Waals surface area contributed by atoms with E-state index in [0.717, 1.165) is 0 Å². The van der Waals surface area contributed by atoms with Crippen LogP contribution in [0.1, 0.15) is 13.3 Å². The summed E-state index contributed by atoms with van der Waals surface area (Å²) < 4.78 is 0. The van der Waals surface area contributed by atoms with Crippen molar-refractivity contribution >= 4 is 11.9 Å². The molecule has 1 heterocycles. The van der Waals surface area contributed by atoms with Crippen molar-refractivity contribution in [3.8, 4) is 0 Å². The smallest absolute Gasteiger partial charge is 0.407 e. The lowest BCUT2D eigenvalue weighted by molar-refractivity contribution is -0.120. The number of carbonyl (C=O) groups is 2. The van der Waals surface area contributed by atoms with Crippen molar-refractivity contribution in [3.05, 3.63) is 0 Å². The first-order valence-corrected chi connectivity index (χ1v) is 3.59. The van der Waals surface area contributed by atoms with Gasteiger partial charge in [0.15, 0.2) is 0 Å². The number of Topliss-reactive ketones (excluding diaryl/α,β-unsaturated/α-hetero) is 1. The summed E-state index contributed by atoms with van der Waals surface area (Å²) in [7, 11) is 0. The van der Waals surface area contributed by atoms with Gasteiger partial charge in [-0.15, -0.1) is 0 Å². The minimum absolute atomic E-state index is 0.0638. The number of likely N-dealkylation sites (tertiary alicyclic amines) is 1. The summed E-state index contributed by atoms with van der Waals surface area (Å²) in [6, 6.07) is 0. The second-order valence-corrected chi connectivity index (χ2v) is 2.82. The third-order valence-electron chi connectivity index (χ3n) is 2.03. The minimum Gasteiger partial charge on any atom is -0.465 e. The Balaban J connectivity index is 2.47. The molecule has 0 aromatic rings. The molecule has 62 valence electrons. The summed E-state index contributed by atoms with van der Waals surface area (Å²) in [5.41, 5.74) is 0. The summed E-state index contributed by atoms with van der Waals surface area (Å²) in [5.74, 6) is 0.0276. The maximum atomic E-state index is 10.8. The molecule has 1 rings (SSSR count). The Morgan fingerprint density at radius 1 is 1.55 bits per heavy atom. The van der Waals surface area contributed by atoms with Gasteiger partial charge in [0.1, 0.15) is 5.78 Å². The molecule has 0 unspecified atom stereocenters. The van der Waals surface area contributed by atoms with Gasteiger partial charge >= 0.3 is 6.09 Å². The fourth-order valence-corrected chi connectivity index (χ4v) is 1.27. The van der Waals surface area contributed by atoms with Crippen molar-refractivity contribution < 1.29 is 14.7 Å². The fourth-order valence-electron chi connectivity index (χ4n) is 1.27. The topological polar surface area (TPSA) is 57.6 Å². The molecule has 1 amide bonds. The molecule has 1 atom stereocenters. The zero-order chi connectivity index (χ0) is 8.43. The van der Waals surface area contributed by atoms with Crippen molar-refractivity contribution in [2.24, 2.45) is 5.92 Å². The Hall–Kier alpha value is -1.06. The summed E-state index contributed by atoms with van der Waals surface area (Å²) >= 11 is 0. The summed E-state index contributed by atoms with van der Waals surface area (Å²) in [5, 5.41) is 8.53. The summed E-state index contributed by atoms with van der Waals surface area (Å²) in [4.78, 5) is 22.5. The van der Waals surface area contributed by atoms with Gasteiger partial charge in [-0.1, -0.05) is 0 Å². The highest BCUT2D eigenvalue weighted by Gasteiger charge is 2.28. The Kier molecular flexibility index (Phi) is 2.12. The number of rotatable bonds is 1. The van der Waals surface area contributed by atoms with Crippen molar-refractivity contribution in [2.75, 3.05) is 13.1 Å². The molecule has 4 nitrogen and oxygen atoms in total. The molecule has 0 spiro atoms. The lowest BCUT2D eigenvalue weighted by atomic mass is 10.1. The van der Waals surface area contributed by atoms with Crippen LogP contribution in [-0.2, 0) is 4.79 Å². The van der Waals surface area contributed by atoms with Crippen LogP contribution in [0, 0.1) is 5.92 Å². The standard InChI is InChI=1S/C7H11NO3/c1-5(9)6-2-3-8(4-6)7(10)11/h6H,2-4H2,1H3,(H,10,11)/t6-/m1/s1. The van der Waals surface area contributed by atoms with Crippen LogP contribution >= 0.6 is 0 Å². The number of hydrogen-bond acceptors (Lipinski definition) is 2. The van der Waals surface area contributed by atoms with E-state index in [-0.39, 0.29) is 11.7 Å². The van der Waals surface area contributed by atoms with Gasteiger partial charge in [-0.25, -0.2) is 4.79 Å². The molecule has 0 saturated carbocycles. The van der Waals surface area contributed by atoms with E-state index in [9.17, 15) is 9.59 Å². The number of carbonyl (C=O) groups excluding carboxylic acids is 1. The Labute approximate surface area is 64.8 Å². The molecule has 1 N–H and O–H groups in total. The van der Waals surface area contributed by atoms with Gasteiger partial charge in [-0.3, -0.25) is 4.79 Å². The van der Waals surface area contributed by atoms with E-state index in [1.54, 1.807) is 0 Å². The summed E-state index contributed by atoms with van der Waals surface area (Å²) in [6.07, 6.45) is -0.240. The summed E-state index contributed by atoms with van der Waals surface area (Å²) in [6.45, 7) is 2.39. The van der Waals surface area contributed by atoms with Gasteiger partial charge in [-0.05, 0) is 13.3 Å². The van der Waals surface area contributed by atoms with E-state index in [2.05, 4.69) is 0 Å². The Morgan fingerprint density at radius 3 is 2.45 bits per heavy atom. The molecule has 0 aromatic heterocycles. The van der Waals surface area contributed by atoms with Gasteiger partial charge in [0.2, 0.25) is 0 Å². The second-order valence-electron chi connectivity index (χ2n) is 2.82. The zero-order valence-electron chi connectivity index (χ0n) is 6.41. The number of ketones is 1. The highest BCUT2D eigenvalue weighted by Crippen LogP contribution is 2.16. The lowest BCUT2D eigenvalue weighted by Gasteiger charge is -2.09. The molecule has 11 heavy (non-hydrogen) atoms. The van der Waals surface area contributed by atoms with Crippen molar-refractivity contribution in [1.82, 2.24) is 4.90 Å². The quantitative estimate of drug-likeness (QED) is 0.605. The van der Waals surface area contributed by atoms with Crippen LogP contribution < -0.4 is 0 Å². The number of nitrogens with zero attached hydrogens (tertiary/aromatic N) is 1. The molecule has 0 bridgehead atoms. The van der Waals surface area contributed by atoms with Crippen LogP contribution in [0.5, 0.6) is 0 Å². The lowest BCUT2D eigenvalue weighted by Crippen LogP contribution is -2.27. The maximum Gasteiger partial charge on any atom is 0.407 e. The van der Waals surface area contributed by atoms with E-state index in [0.29, 0.717) is 19.5 Å². The zero-order valence-corrected chi connectivity index (χ0v) is 6.41. The van der Waals surface area contributed by atoms with E-state index < -0.39 is 6.09 Å². The molecule has 1 saturated heterocycles. The molecule has 0 aromatic carbocycles. The average Bonchev–Trinajstić information content (AvgIpc) is 2.33. The van der Waals surface area contributed by atoms with E-state index in [4.69, 9.17) is 5.11 Å². The first kappa shape index (κ1) is 8.04. The molecular weight excluding hydrogens is 146 g/mol. The Morgan fingerprint density at radius 2 is 2.18 bits per heavy atom. The van der Waals surface area contributed by atoms with E-state index in [1.807, 2.05) is 0 Å². The second kappa shape index (κ2) is 2.90. The normalized spacial score (nSPS) is 23.7. The predicted octanol–water partition coefficient (Wildman–Crippen LogP) is 0.575. The third-order valence-corrected chi connectivity index (χ3v) is 2.03. The van der Waals surface area contributed by atoms with Crippen molar-refractivity contribution in [2.45, 2.75) is 13.3 Å². The molecular formula is C7H11NO3. The molecule has 1 aliphatic rings. The fraction of sp³-hybridized carbons (Fsp3) is 0.714. The van der Waals surface area contributed by atoms with Crippen molar-refractivity contribution in [1.29, 1.82) is 0 Å². The SMILES string of the molecule is CC(=O)[C@@H]1CCN(C(=O)O)C1. The highest BCUT2D eigenvalue weighted by atomic mass is 16.4. The number of amides is 1. The van der Waals surface area contributed by atoms with E-state index >= 15 is 0 Å². The van der Waals surface area contributed by atoms with Crippen LogP contribution in [-0.4, -0.2) is 35.0 Å². The first-order chi connectivity index (χ1) is 5.11. The molecule has 0 radical (unpaired) electrons. The monoisotopic (exact) mass is 157 g/mol. The molecule has 1 aliphatic heterocycles. The van der Waals surface area contributed by atoms with Crippen LogP contribution in [0.2, 0.25) is 0 Å². The average molecular weight is 157 g/mol. The maximum absolute atomic E-state index is 10.8.